The van der Waals surface area contributed by atoms with Crippen LogP contribution in [0.5, 0.6) is 0 Å². The van der Waals surface area contributed by atoms with Crippen molar-refractivity contribution >= 4 is 50.2 Å². The molecule has 0 fully saturated rings. The van der Waals surface area contributed by atoms with E-state index in [0.29, 0.717) is 17.2 Å². The second-order valence-electron chi connectivity index (χ2n) is 7.45. The molecule has 1 aromatic heterocycles. The van der Waals surface area contributed by atoms with Gasteiger partial charge in [0, 0.05) is 11.4 Å². The van der Waals surface area contributed by atoms with Gasteiger partial charge in [0.25, 0.3) is 0 Å². The fourth-order valence-corrected chi connectivity index (χ4v) is 3.72. The van der Waals surface area contributed by atoms with Gasteiger partial charge in [0.15, 0.2) is 0 Å². The molecule has 0 amide bonds. The van der Waals surface area contributed by atoms with Gasteiger partial charge in [0.2, 0.25) is 11.6 Å². The summed E-state index contributed by atoms with van der Waals surface area (Å²) in [5, 5.41) is 22.5. The Morgan fingerprint density at radius 1 is 0.688 bits per heavy atom. The predicted octanol–water partition coefficient (Wildman–Crippen LogP) is 6.49. The topological polar surface area (TPSA) is 93.0 Å². The number of benzene rings is 4. The number of fused-ring (bicyclic) bond motifs is 2. The van der Waals surface area contributed by atoms with Crippen LogP contribution in [0, 0.1) is 17.0 Å². The van der Waals surface area contributed by atoms with E-state index < -0.39 is 4.92 Å². The zero-order chi connectivity index (χ0) is 22.1. The van der Waals surface area contributed by atoms with Crippen molar-refractivity contribution < 1.29 is 4.92 Å². The highest BCUT2D eigenvalue weighted by Gasteiger charge is 2.25. The van der Waals surface area contributed by atoms with Crippen LogP contribution in [0.4, 0.5) is 28.7 Å². The Morgan fingerprint density at radius 2 is 1.12 bits per heavy atom. The third kappa shape index (κ3) is 3.79. The minimum absolute atomic E-state index is 0.140. The third-order valence-corrected chi connectivity index (χ3v) is 5.20. The highest BCUT2D eigenvalue weighted by atomic mass is 16.6. The minimum atomic E-state index is -0.466. The number of nitro groups is 1. The number of aryl methyl sites for hydroxylation is 1. The minimum Gasteiger partial charge on any atom is -0.334 e. The number of hydrogen-bond acceptors (Lipinski definition) is 6. The molecule has 0 saturated heterocycles. The first kappa shape index (κ1) is 19.4. The molecular weight excluding hydrogens is 402 g/mol. The lowest BCUT2D eigenvalue weighted by atomic mass is 10.1. The summed E-state index contributed by atoms with van der Waals surface area (Å²) in [7, 11) is 0. The smallest absolute Gasteiger partial charge is 0.334 e. The monoisotopic (exact) mass is 421 g/mol. The average Bonchev–Trinajstić information content (AvgIpc) is 2.78. The number of nitrogens with zero attached hydrogens (tertiary/aromatic N) is 3. The van der Waals surface area contributed by atoms with Crippen LogP contribution in [0.25, 0.3) is 21.5 Å². The summed E-state index contributed by atoms with van der Waals surface area (Å²) >= 11 is 0. The Bertz CT molecular complexity index is 1380. The summed E-state index contributed by atoms with van der Waals surface area (Å²) in [6.45, 7) is 1.71. The van der Waals surface area contributed by atoms with Gasteiger partial charge < -0.3 is 10.6 Å². The zero-order valence-electron chi connectivity index (χ0n) is 17.2. The van der Waals surface area contributed by atoms with Crippen molar-refractivity contribution in [1.29, 1.82) is 0 Å². The summed E-state index contributed by atoms with van der Waals surface area (Å²) in [5.41, 5.74) is 1.21. The van der Waals surface area contributed by atoms with Crippen molar-refractivity contribution in [1.82, 2.24) is 9.97 Å². The molecule has 0 atom stereocenters. The number of nitrogens with one attached hydrogen (secondary N) is 2. The molecule has 0 aliphatic rings. The van der Waals surface area contributed by atoms with Crippen molar-refractivity contribution in [3.05, 3.63) is 101 Å². The van der Waals surface area contributed by atoms with Crippen molar-refractivity contribution in [2.24, 2.45) is 0 Å². The summed E-state index contributed by atoms with van der Waals surface area (Å²) in [5.74, 6) is 0.698. The van der Waals surface area contributed by atoms with Gasteiger partial charge in [0.05, 0.1) is 4.92 Å². The Kier molecular flexibility index (Phi) is 4.84. The zero-order valence-corrected chi connectivity index (χ0v) is 17.2. The fraction of sp³-hybridized carbons (Fsp3) is 0.0400. The molecule has 1 heterocycles. The molecule has 5 aromatic rings. The lowest BCUT2D eigenvalue weighted by molar-refractivity contribution is -0.383. The average molecular weight is 421 g/mol. The molecule has 7 nitrogen and oxygen atoms in total. The van der Waals surface area contributed by atoms with Gasteiger partial charge in [-0.1, -0.05) is 60.7 Å². The molecule has 0 bridgehead atoms. The van der Waals surface area contributed by atoms with E-state index in [4.69, 9.17) is 0 Å². The molecule has 5 rings (SSSR count). The van der Waals surface area contributed by atoms with E-state index >= 15 is 0 Å². The highest BCUT2D eigenvalue weighted by Crippen LogP contribution is 2.35. The lowest BCUT2D eigenvalue weighted by Gasteiger charge is -2.12. The van der Waals surface area contributed by atoms with Crippen LogP contribution in [0.2, 0.25) is 0 Å². The van der Waals surface area contributed by atoms with Crippen molar-refractivity contribution in [3.63, 3.8) is 0 Å². The largest absolute Gasteiger partial charge is 0.353 e. The van der Waals surface area contributed by atoms with Crippen LogP contribution in [0.3, 0.4) is 0 Å². The molecule has 32 heavy (non-hydrogen) atoms. The van der Waals surface area contributed by atoms with Crippen molar-refractivity contribution in [3.8, 4) is 0 Å². The summed E-state index contributed by atoms with van der Waals surface area (Å²) in [6.07, 6.45) is 0. The fourth-order valence-electron chi connectivity index (χ4n) is 3.72. The standard InChI is InChI=1S/C25H19N5O2/c1-16-26-24(28-21-12-10-17-6-2-4-8-19(17)14-21)23(30(31)32)25(27-16)29-22-13-11-18-7-3-5-9-20(18)15-22/h2-15H,1H3,(H2,26,27,28,29). The van der Waals surface area contributed by atoms with Crippen molar-refractivity contribution in [2.45, 2.75) is 6.92 Å². The van der Waals surface area contributed by atoms with Crippen molar-refractivity contribution in [2.75, 3.05) is 10.6 Å². The lowest BCUT2D eigenvalue weighted by Crippen LogP contribution is -2.07. The highest BCUT2D eigenvalue weighted by molar-refractivity contribution is 5.89. The van der Waals surface area contributed by atoms with Gasteiger partial charge in [-0.3, -0.25) is 10.1 Å². The number of aromatic nitrogens is 2. The van der Waals surface area contributed by atoms with Gasteiger partial charge in [0.1, 0.15) is 5.82 Å². The van der Waals surface area contributed by atoms with Crippen LogP contribution in [-0.4, -0.2) is 14.9 Å². The van der Waals surface area contributed by atoms with E-state index in [9.17, 15) is 10.1 Å². The molecule has 0 radical (unpaired) electrons. The maximum Gasteiger partial charge on any atom is 0.353 e. The third-order valence-electron chi connectivity index (χ3n) is 5.20. The van der Waals surface area contributed by atoms with E-state index in [-0.39, 0.29) is 17.3 Å². The summed E-state index contributed by atoms with van der Waals surface area (Å²) < 4.78 is 0. The van der Waals surface area contributed by atoms with Crippen LogP contribution in [0.1, 0.15) is 5.82 Å². The van der Waals surface area contributed by atoms with E-state index in [2.05, 4.69) is 20.6 Å². The molecular formula is C25H19N5O2. The number of rotatable bonds is 5. The Balaban J connectivity index is 1.54. The van der Waals surface area contributed by atoms with Crippen LogP contribution in [-0.2, 0) is 0 Å². The Labute approximate surface area is 183 Å². The van der Waals surface area contributed by atoms with E-state index in [0.717, 1.165) is 21.5 Å². The normalized spacial score (nSPS) is 10.9. The molecule has 0 spiro atoms. The van der Waals surface area contributed by atoms with Gasteiger partial charge in [-0.05, 0) is 52.7 Å². The Morgan fingerprint density at radius 3 is 1.56 bits per heavy atom. The quantitative estimate of drug-likeness (QED) is 0.249. The van der Waals surface area contributed by atoms with Crippen LogP contribution < -0.4 is 10.6 Å². The van der Waals surface area contributed by atoms with Gasteiger partial charge in [-0.2, -0.15) is 0 Å². The second-order valence-corrected chi connectivity index (χ2v) is 7.45. The first-order valence-electron chi connectivity index (χ1n) is 10.1. The van der Waals surface area contributed by atoms with Gasteiger partial charge in [-0.25, -0.2) is 9.97 Å². The molecule has 0 aliphatic heterocycles. The first-order valence-corrected chi connectivity index (χ1v) is 10.1. The van der Waals surface area contributed by atoms with E-state index in [1.807, 2.05) is 84.9 Å². The summed E-state index contributed by atoms with van der Waals surface area (Å²) in [4.78, 5) is 20.2. The molecule has 7 heteroatoms. The number of anilines is 4. The van der Waals surface area contributed by atoms with Crippen LogP contribution >= 0.6 is 0 Å². The van der Waals surface area contributed by atoms with Gasteiger partial charge in [-0.15, -0.1) is 0 Å². The van der Waals surface area contributed by atoms with E-state index in [1.165, 1.54) is 0 Å². The molecule has 156 valence electrons. The van der Waals surface area contributed by atoms with Gasteiger partial charge >= 0.3 is 5.69 Å². The first-order chi connectivity index (χ1) is 15.6. The molecule has 2 N–H and O–H groups in total. The molecule has 0 saturated carbocycles. The Hall–Kier alpha value is -4.52. The molecule has 4 aromatic carbocycles. The second kappa shape index (κ2) is 7.96. The van der Waals surface area contributed by atoms with Crippen LogP contribution in [0.15, 0.2) is 84.9 Å². The maximum atomic E-state index is 12.0. The number of hydrogen-bond donors (Lipinski definition) is 2. The molecule has 0 aliphatic carbocycles. The maximum absolute atomic E-state index is 12.0. The summed E-state index contributed by atoms with van der Waals surface area (Å²) in [6, 6.07) is 27.4. The molecule has 0 unspecified atom stereocenters. The van der Waals surface area contributed by atoms with E-state index in [1.54, 1.807) is 6.92 Å². The predicted molar refractivity (Wildman–Crippen MR) is 128 cm³/mol. The SMILES string of the molecule is Cc1nc(Nc2ccc3ccccc3c2)c([N+](=O)[O-])c(Nc2ccc3ccccc3c2)n1.